The van der Waals surface area contributed by atoms with Crippen molar-refractivity contribution in [3.05, 3.63) is 58.6 Å². The average molecular weight is 285 g/mol. The van der Waals surface area contributed by atoms with Gasteiger partial charge in [0.25, 0.3) is 0 Å². The molecule has 2 aromatic carbocycles. The van der Waals surface area contributed by atoms with E-state index in [2.05, 4.69) is 24.4 Å². The second-order valence-corrected chi connectivity index (χ2v) is 5.09. The molecule has 102 valence electrons. The SMILES string of the molecule is CCCNCc1ccc(-c2cccc(C#N)c2)c(Cl)c1. The fourth-order valence-corrected chi connectivity index (χ4v) is 2.38. The minimum absolute atomic E-state index is 0.646. The first-order valence-corrected chi connectivity index (χ1v) is 7.12. The van der Waals surface area contributed by atoms with Crippen LogP contribution in [0.15, 0.2) is 42.5 Å². The molecule has 0 aromatic heterocycles. The molecule has 2 aromatic rings. The van der Waals surface area contributed by atoms with E-state index in [1.165, 1.54) is 5.56 Å². The van der Waals surface area contributed by atoms with Crippen molar-refractivity contribution in [1.29, 1.82) is 5.26 Å². The molecule has 2 rings (SSSR count). The van der Waals surface area contributed by atoms with E-state index in [-0.39, 0.29) is 0 Å². The highest BCUT2D eigenvalue weighted by Crippen LogP contribution is 2.29. The number of hydrogen-bond acceptors (Lipinski definition) is 2. The highest BCUT2D eigenvalue weighted by Gasteiger charge is 2.05. The summed E-state index contributed by atoms with van der Waals surface area (Å²) in [7, 11) is 0. The molecule has 1 N–H and O–H groups in total. The topological polar surface area (TPSA) is 35.8 Å². The van der Waals surface area contributed by atoms with Crippen molar-refractivity contribution in [2.45, 2.75) is 19.9 Å². The standard InChI is InChI=1S/C17H17ClN2/c1-2-8-20-12-14-6-7-16(17(18)10-14)15-5-3-4-13(9-15)11-19/h3-7,9-10,20H,2,8,12H2,1H3. The number of nitrogens with one attached hydrogen (secondary N) is 1. The van der Waals surface area contributed by atoms with E-state index in [9.17, 15) is 0 Å². The fraction of sp³-hybridized carbons (Fsp3) is 0.235. The Balaban J connectivity index is 2.23. The van der Waals surface area contributed by atoms with Gasteiger partial charge in [0.05, 0.1) is 11.6 Å². The number of hydrogen-bond donors (Lipinski definition) is 1. The predicted octanol–water partition coefficient (Wildman–Crippen LogP) is 4.38. The molecule has 0 atom stereocenters. The molecule has 0 heterocycles. The largest absolute Gasteiger partial charge is 0.313 e. The molecule has 0 fully saturated rings. The fourth-order valence-electron chi connectivity index (χ4n) is 2.07. The van der Waals surface area contributed by atoms with Crippen LogP contribution in [-0.2, 0) is 6.54 Å². The van der Waals surface area contributed by atoms with Crippen LogP contribution in [-0.4, -0.2) is 6.54 Å². The Kier molecular flexibility index (Phi) is 5.17. The molecular formula is C17H17ClN2. The van der Waals surface area contributed by atoms with Crippen LogP contribution in [0.4, 0.5) is 0 Å². The molecule has 0 bridgehead atoms. The summed E-state index contributed by atoms with van der Waals surface area (Å²) in [6.07, 6.45) is 1.12. The summed E-state index contributed by atoms with van der Waals surface area (Å²) < 4.78 is 0. The van der Waals surface area contributed by atoms with Crippen molar-refractivity contribution in [2.75, 3.05) is 6.54 Å². The van der Waals surface area contributed by atoms with Crippen LogP contribution in [0.1, 0.15) is 24.5 Å². The van der Waals surface area contributed by atoms with Gasteiger partial charge in [-0.1, -0.05) is 42.8 Å². The lowest BCUT2D eigenvalue weighted by Gasteiger charge is -2.08. The van der Waals surface area contributed by atoms with Crippen LogP contribution >= 0.6 is 11.6 Å². The van der Waals surface area contributed by atoms with Gasteiger partial charge in [-0.3, -0.25) is 0 Å². The molecule has 0 radical (unpaired) electrons. The first-order chi connectivity index (χ1) is 9.74. The van der Waals surface area contributed by atoms with E-state index in [1.807, 2.05) is 30.3 Å². The number of halogens is 1. The van der Waals surface area contributed by atoms with Crippen molar-refractivity contribution in [1.82, 2.24) is 5.32 Å². The van der Waals surface area contributed by atoms with E-state index in [4.69, 9.17) is 16.9 Å². The van der Waals surface area contributed by atoms with Crippen molar-refractivity contribution >= 4 is 11.6 Å². The Morgan fingerprint density at radius 1 is 1.20 bits per heavy atom. The van der Waals surface area contributed by atoms with Crippen molar-refractivity contribution in [3.8, 4) is 17.2 Å². The van der Waals surface area contributed by atoms with E-state index in [0.717, 1.165) is 35.7 Å². The number of nitriles is 1. The first kappa shape index (κ1) is 14.6. The summed E-state index contributed by atoms with van der Waals surface area (Å²) in [5, 5.41) is 13.0. The van der Waals surface area contributed by atoms with Gasteiger partial charge in [0.1, 0.15) is 0 Å². The van der Waals surface area contributed by atoms with Gasteiger partial charge in [-0.2, -0.15) is 5.26 Å². The Morgan fingerprint density at radius 2 is 2.05 bits per heavy atom. The third-order valence-electron chi connectivity index (χ3n) is 3.09. The van der Waals surface area contributed by atoms with Gasteiger partial charge in [-0.15, -0.1) is 0 Å². The van der Waals surface area contributed by atoms with Gasteiger partial charge in [-0.05, 0) is 42.3 Å². The second kappa shape index (κ2) is 7.09. The van der Waals surface area contributed by atoms with E-state index < -0.39 is 0 Å². The zero-order chi connectivity index (χ0) is 14.4. The highest BCUT2D eigenvalue weighted by molar-refractivity contribution is 6.33. The number of benzene rings is 2. The van der Waals surface area contributed by atoms with Crippen LogP contribution in [0.5, 0.6) is 0 Å². The lowest BCUT2D eigenvalue weighted by molar-refractivity contribution is 0.675. The normalized spacial score (nSPS) is 10.2. The van der Waals surface area contributed by atoms with E-state index >= 15 is 0 Å². The summed E-state index contributed by atoms with van der Waals surface area (Å²) in [4.78, 5) is 0. The molecule has 0 saturated heterocycles. The van der Waals surface area contributed by atoms with Gasteiger partial charge < -0.3 is 5.32 Å². The Hall–Kier alpha value is -1.82. The lowest BCUT2D eigenvalue weighted by Crippen LogP contribution is -2.13. The van der Waals surface area contributed by atoms with Crippen LogP contribution in [0.3, 0.4) is 0 Å². The monoisotopic (exact) mass is 284 g/mol. The van der Waals surface area contributed by atoms with Crippen LogP contribution in [0.25, 0.3) is 11.1 Å². The minimum Gasteiger partial charge on any atom is -0.313 e. The van der Waals surface area contributed by atoms with Gasteiger partial charge in [0, 0.05) is 17.1 Å². The number of rotatable bonds is 5. The maximum atomic E-state index is 8.95. The van der Waals surface area contributed by atoms with Gasteiger partial charge in [0.2, 0.25) is 0 Å². The second-order valence-electron chi connectivity index (χ2n) is 4.68. The average Bonchev–Trinajstić information content (AvgIpc) is 2.48. The Labute approximate surface area is 125 Å². The zero-order valence-electron chi connectivity index (χ0n) is 11.5. The zero-order valence-corrected chi connectivity index (χ0v) is 12.2. The third-order valence-corrected chi connectivity index (χ3v) is 3.40. The Bertz CT molecular complexity index is 629. The summed E-state index contributed by atoms with van der Waals surface area (Å²) in [5.74, 6) is 0. The molecular weight excluding hydrogens is 268 g/mol. The maximum Gasteiger partial charge on any atom is 0.0991 e. The molecule has 2 nitrogen and oxygen atoms in total. The van der Waals surface area contributed by atoms with E-state index in [0.29, 0.717) is 5.56 Å². The molecule has 20 heavy (non-hydrogen) atoms. The van der Waals surface area contributed by atoms with Gasteiger partial charge in [0.15, 0.2) is 0 Å². The molecule has 0 saturated carbocycles. The highest BCUT2D eigenvalue weighted by atomic mass is 35.5. The summed E-state index contributed by atoms with van der Waals surface area (Å²) in [5.41, 5.74) is 3.75. The van der Waals surface area contributed by atoms with Crippen LogP contribution in [0, 0.1) is 11.3 Å². The van der Waals surface area contributed by atoms with E-state index in [1.54, 1.807) is 6.07 Å². The van der Waals surface area contributed by atoms with Gasteiger partial charge >= 0.3 is 0 Å². The number of nitrogens with zero attached hydrogens (tertiary/aromatic N) is 1. The summed E-state index contributed by atoms with van der Waals surface area (Å²) >= 11 is 6.36. The van der Waals surface area contributed by atoms with Crippen molar-refractivity contribution in [3.63, 3.8) is 0 Å². The summed E-state index contributed by atoms with van der Waals surface area (Å²) in [6, 6.07) is 15.7. The molecule has 3 heteroatoms. The lowest BCUT2D eigenvalue weighted by atomic mass is 10.0. The Morgan fingerprint density at radius 3 is 2.75 bits per heavy atom. The predicted molar refractivity (Wildman–Crippen MR) is 83.6 cm³/mol. The van der Waals surface area contributed by atoms with Crippen molar-refractivity contribution < 1.29 is 0 Å². The van der Waals surface area contributed by atoms with Crippen molar-refractivity contribution in [2.24, 2.45) is 0 Å². The molecule has 0 spiro atoms. The smallest absolute Gasteiger partial charge is 0.0991 e. The maximum absolute atomic E-state index is 8.95. The molecule has 0 aliphatic heterocycles. The molecule has 0 unspecified atom stereocenters. The summed E-state index contributed by atoms with van der Waals surface area (Å²) in [6.45, 7) is 3.97. The minimum atomic E-state index is 0.646. The molecule has 0 aliphatic carbocycles. The van der Waals surface area contributed by atoms with Crippen LogP contribution < -0.4 is 5.32 Å². The molecule has 0 amide bonds. The molecule has 0 aliphatic rings. The van der Waals surface area contributed by atoms with Gasteiger partial charge in [-0.25, -0.2) is 0 Å². The quantitative estimate of drug-likeness (QED) is 0.827. The van der Waals surface area contributed by atoms with Crippen LogP contribution in [0.2, 0.25) is 5.02 Å². The third kappa shape index (κ3) is 3.60. The first-order valence-electron chi connectivity index (χ1n) is 6.74.